The number of hydrogen-bond acceptors (Lipinski definition) is 3. The maximum atomic E-state index is 9.59. The Balaban J connectivity index is 0.000000327. The Labute approximate surface area is 143 Å². The second-order valence-corrected chi connectivity index (χ2v) is 5.74. The third-order valence-electron chi connectivity index (χ3n) is 3.18. The van der Waals surface area contributed by atoms with Gasteiger partial charge in [-0.15, -0.1) is 0 Å². The summed E-state index contributed by atoms with van der Waals surface area (Å²) in [6.45, 7) is 9.18. The van der Waals surface area contributed by atoms with Crippen LogP contribution in [0.2, 0.25) is 0 Å². The van der Waals surface area contributed by atoms with E-state index in [1.54, 1.807) is 0 Å². The summed E-state index contributed by atoms with van der Waals surface area (Å²) in [7, 11) is 1.35. The van der Waals surface area contributed by atoms with Gasteiger partial charge in [-0.25, -0.2) is 0 Å². The minimum Gasteiger partial charge on any atom is -0.469 e. The zero-order valence-electron chi connectivity index (χ0n) is 14.3. The first-order chi connectivity index (χ1) is 11.1. The number of rotatable bonds is 1. The van der Waals surface area contributed by atoms with Gasteiger partial charge in [-0.2, -0.15) is 0 Å². The highest BCUT2D eigenvalue weighted by Crippen LogP contribution is 2.39. The summed E-state index contributed by atoms with van der Waals surface area (Å²) in [6.07, 6.45) is 2.95. The van der Waals surface area contributed by atoms with Crippen molar-refractivity contribution in [2.45, 2.75) is 37.0 Å². The maximum Gasteiger partial charge on any atom is 0.302 e. The summed E-state index contributed by atoms with van der Waals surface area (Å²) in [4.78, 5) is 12.4. The van der Waals surface area contributed by atoms with Crippen molar-refractivity contribution in [2.75, 3.05) is 7.11 Å². The fourth-order valence-electron chi connectivity index (χ4n) is 2.04. The molecule has 1 aliphatic rings. The van der Waals surface area contributed by atoms with Crippen molar-refractivity contribution < 1.29 is 9.53 Å². The minimum absolute atomic E-state index is 0.245. The first kappa shape index (κ1) is 19.0. The van der Waals surface area contributed by atoms with E-state index in [1.807, 2.05) is 31.7 Å². The van der Waals surface area contributed by atoms with E-state index in [-0.39, 0.29) is 5.97 Å². The highest BCUT2D eigenvalue weighted by atomic mass is 32.2. The van der Waals surface area contributed by atoms with Crippen LogP contribution in [0.3, 0.4) is 0 Å². The molecule has 0 spiro atoms. The molecule has 0 saturated heterocycles. The average molecular weight is 328 g/mol. The summed E-state index contributed by atoms with van der Waals surface area (Å²) < 4.78 is 4.11. The minimum atomic E-state index is -0.245. The molecule has 122 valence electrons. The van der Waals surface area contributed by atoms with E-state index in [0.717, 1.165) is 6.42 Å². The number of carbonyl (C=O) groups excluding carboxylic acids is 1. The Morgan fingerprint density at radius 3 is 2.35 bits per heavy atom. The molecule has 1 heterocycles. The molecule has 0 atom stereocenters. The lowest BCUT2D eigenvalue weighted by Crippen LogP contribution is -1.99. The molecule has 0 amide bonds. The van der Waals surface area contributed by atoms with Crippen molar-refractivity contribution in [1.29, 1.82) is 0 Å². The van der Waals surface area contributed by atoms with Crippen molar-refractivity contribution in [1.82, 2.24) is 0 Å². The van der Waals surface area contributed by atoms with E-state index in [4.69, 9.17) is 0 Å². The van der Waals surface area contributed by atoms with Crippen LogP contribution >= 0.6 is 11.8 Å². The Kier molecular flexibility index (Phi) is 8.20. The van der Waals surface area contributed by atoms with Crippen molar-refractivity contribution in [3.63, 3.8) is 0 Å². The van der Waals surface area contributed by atoms with Crippen LogP contribution in [-0.4, -0.2) is 13.1 Å². The van der Waals surface area contributed by atoms with Crippen LogP contribution in [0.15, 0.2) is 58.8 Å². The van der Waals surface area contributed by atoms with Crippen molar-refractivity contribution in [3.8, 4) is 0 Å². The van der Waals surface area contributed by atoms with Gasteiger partial charge in [-0.1, -0.05) is 68.6 Å². The molecule has 0 N–H and O–H groups in total. The van der Waals surface area contributed by atoms with Gasteiger partial charge >= 0.3 is 5.97 Å². The molecule has 0 aliphatic carbocycles. The topological polar surface area (TPSA) is 26.3 Å². The van der Waals surface area contributed by atoms with Gasteiger partial charge in [0.2, 0.25) is 0 Å². The molecule has 1 aliphatic heterocycles. The van der Waals surface area contributed by atoms with Gasteiger partial charge in [-0.05, 0) is 35.2 Å². The van der Waals surface area contributed by atoms with Gasteiger partial charge in [0.05, 0.1) is 7.11 Å². The molecule has 0 aromatic heterocycles. The lowest BCUT2D eigenvalue weighted by molar-refractivity contribution is -0.137. The molecular formula is C20H24O2S. The fraction of sp³-hybridized carbons (Fsp3) is 0.250. The Morgan fingerprint density at radius 2 is 1.74 bits per heavy atom. The number of fused-ring (bicyclic) bond motifs is 2. The quantitative estimate of drug-likeness (QED) is 0.545. The summed E-state index contributed by atoms with van der Waals surface area (Å²) in [6, 6.07) is 15.2. The zero-order chi connectivity index (χ0) is 17.2. The molecule has 2 aromatic rings. The van der Waals surface area contributed by atoms with Crippen molar-refractivity contribution in [2.24, 2.45) is 0 Å². The predicted octanol–water partition coefficient (Wildman–Crippen LogP) is 5.59. The third-order valence-corrected chi connectivity index (χ3v) is 4.42. The number of carbonyl (C=O) groups is 1. The van der Waals surface area contributed by atoms with Crippen molar-refractivity contribution >= 4 is 23.8 Å². The summed E-state index contributed by atoms with van der Waals surface area (Å²) >= 11 is 1.87. The van der Waals surface area contributed by atoms with Crippen LogP contribution in [-0.2, 0) is 16.0 Å². The molecular weight excluding hydrogens is 304 g/mol. The van der Waals surface area contributed by atoms with Crippen LogP contribution in [0, 0.1) is 0 Å². The lowest BCUT2D eigenvalue weighted by Gasteiger charge is -2.18. The monoisotopic (exact) mass is 328 g/mol. The molecule has 3 rings (SSSR count). The molecule has 0 radical (unpaired) electrons. The molecule has 2 nitrogen and oxygen atoms in total. The van der Waals surface area contributed by atoms with E-state index in [0.29, 0.717) is 0 Å². The number of ether oxygens (including phenoxy) is 1. The number of methoxy groups -OCH3 is 1. The van der Waals surface area contributed by atoms with Gasteiger partial charge in [0, 0.05) is 16.7 Å². The molecule has 3 heteroatoms. The van der Waals surface area contributed by atoms with E-state index in [9.17, 15) is 4.79 Å². The van der Waals surface area contributed by atoms with Crippen LogP contribution in [0.5, 0.6) is 0 Å². The van der Waals surface area contributed by atoms with E-state index < -0.39 is 0 Å². The largest absolute Gasteiger partial charge is 0.469 e. The zero-order valence-corrected chi connectivity index (χ0v) is 15.1. The first-order valence-corrected chi connectivity index (χ1v) is 8.51. The fourth-order valence-corrected chi connectivity index (χ4v) is 3.09. The molecule has 0 bridgehead atoms. The van der Waals surface area contributed by atoms with Gasteiger partial charge in [0.1, 0.15) is 0 Å². The standard InChI is InChI=1S/C15H12S.C3H6O2.C2H6/c1-2-11-7-8-15-13(9-11)10-12-5-3-4-6-14(12)16-15;1-3(4)5-2;1-2/h2-9H,1,10H2;1-2H3;1-2H3. The number of hydrogen-bond donors (Lipinski definition) is 0. The van der Waals surface area contributed by atoms with Crippen LogP contribution in [0.1, 0.15) is 37.5 Å². The van der Waals surface area contributed by atoms with Crippen LogP contribution in [0.25, 0.3) is 6.08 Å². The lowest BCUT2D eigenvalue weighted by atomic mass is 10.0. The first-order valence-electron chi connectivity index (χ1n) is 7.69. The van der Waals surface area contributed by atoms with Crippen molar-refractivity contribution in [3.05, 3.63) is 65.7 Å². The van der Waals surface area contributed by atoms with Crippen LogP contribution in [0.4, 0.5) is 0 Å². The normalized spacial score (nSPS) is 10.6. The molecule has 0 fully saturated rings. The Morgan fingerprint density at radius 1 is 1.13 bits per heavy atom. The van der Waals surface area contributed by atoms with Crippen LogP contribution < -0.4 is 0 Å². The number of benzene rings is 2. The average Bonchev–Trinajstić information content (AvgIpc) is 2.61. The second-order valence-electron chi connectivity index (χ2n) is 4.65. The smallest absolute Gasteiger partial charge is 0.302 e. The van der Waals surface area contributed by atoms with Gasteiger partial charge < -0.3 is 4.74 Å². The highest BCUT2D eigenvalue weighted by molar-refractivity contribution is 7.99. The predicted molar refractivity (Wildman–Crippen MR) is 98.9 cm³/mol. The molecule has 0 saturated carbocycles. The highest BCUT2D eigenvalue weighted by Gasteiger charge is 2.15. The summed E-state index contributed by atoms with van der Waals surface area (Å²) in [5, 5.41) is 0. The molecule has 2 aromatic carbocycles. The van der Waals surface area contributed by atoms with Gasteiger partial charge in [0.15, 0.2) is 0 Å². The third kappa shape index (κ3) is 5.61. The molecule has 0 unspecified atom stereocenters. The summed E-state index contributed by atoms with van der Waals surface area (Å²) in [5.74, 6) is -0.245. The number of esters is 1. The SMILES string of the molecule is C=Cc1ccc2c(c1)Cc1ccccc1S2.CC.COC(C)=O. The summed E-state index contributed by atoms with van der Waals surface area (Å²) in [5.41, 5.74) is 4.06. The maximum absolute atomic E-state index is 9.59. The van der Waals surface area contributed by atoms with Gasteiger partial charge in [-0.3, -0.25) is 4.79 Å². The van der Waals surface area contributed by atoms with E-state index in [2.05, 4.69) is 53.8 Å². The second kappa shape index (κ2) is 9.90. The van der Waals surface area contributed by atoms with E-state index >= 15 is 0 Å². The molecule has 23 heavy (non-hydrogen) atoms. The Hall–Kier alpha value is -2.00. The van der Waals surface area contributed by atoms with Gasteiger partial charge in [0.25, 0.3) is 0 Å². The Bertz CT molecular complexity index is 662. The van der Waals surface area contributed by atoms with E-state index in [1.165, 1.54) is 40.5 Å².